The summed E-state index contributed by atoms with van der Waals surface area (Å²) in [6.07, 6.45) is 3.49. The van der Waals surface area contributed by atoms with Crippen molar-refractivity contribution in [3.05, 3.63) is 59.8 Å². The molecule has 19 heavy (non-hydrogen) atoms. The van der Waals surface area contributed by atoms with Crippen molar-refractivity contribution in [2.75, 3.05) is 5.73 Å². The van der Waals surface area contributed by atoms with E-state index in [1.165, 1.54) is 0 Å². The van der Waals surface area contributed by atoms with Crippen molar-refractivity contribution in [1.29, 1.82) is 0 Å². The summed E-state index contributed by atoms with van der Waals surface area (Å²) in [6.45, 7) is 2.00. The van der Waals surface area contributed by atoms with Gasteiger partial charge in [0.1, 0.15) is 5.82 Å². The number of aromatic nitrogens is 1. The summed E-state index contributed by atoms with van der Waals surface area (Å²) < 4.78 is 0. The van der Waals surface area contributed by atoms with E-state index in [1.54, 1.807) is 6.20 Å². The summed E-state index contributed by atoms with van der Waals surface area (Å²) in [7, 11) is 0. The van der Waals surface area contributed by atoms with Crippen LogP contribution in [0, 0.1) is 0 Å². The summed E-state index contributed by atoms with van der Waals surface area (Å²) in [5, 5.41) is 10.8. The number of nitrogen functional groups attached to an aromatic ring is 1. The molecule has 0 bridgehead atoms. The van der Waals surface area contributed by atoms with Crippen LogP contribution in [0.1, 0.15) is 24.5 Å². The minimum absolute atomic E-state index is 0.502. The Bertz CT molecular complexity index is 527. The number of rotatable bonds is 5. The lowest BCUT2D eigenvalue weighted by Crippen LogP contribution is -2.33. The number of pyridine rings is 1. The van der Waals surface area contributed by atoms with E-state index in [0.29, 0.717) is 25.1 Å². The molecule has 0 aliphatic carbocycles. The van der Waals surface area contributed by atoms with Gasteiger partial charge < -0.3 is 10.8 Å². The highest BCUT2D eigenvalue weighted by molar-refractivity contribution is 5.39. The van der Waals surface area contributed by atoms with Crippen LogP contribution in [0.2, 0.25) is 0 Å². The Morgan fingerprint density at radius 2 is 1.84 bits per heavy atom. The lowest BCUT2D eigenvalue weighted by atomic mass is 9.86. The molecule has 1 aromatic heterocycles. The van der Waals surface area contributed by atoms with Crippen LogP contribution in [0.5, 0.6) is 0 Å². The van der Waals surface area contributed by atoms with Gasteiger partial charge in [0.15, 0.2) is 0 Å². The molecule has 0 amide bonds. The fourth-order valence-electron chi connectivity index (χ4n) is 2.24. The van der Waals surface area contributed by atoms with Gasteiger partial charge in [-0.2, -0.15) is 0 Å². The van der Waals surface area contributed by atoms with Gasteiger partial charge in [0.2, 0.25) is 0 Å². The van der Waals surface area contributed by atoms with Crippen LogP contribution in [0.15, 0.2) is 48.7 Å². The van der Waals surface area contributed by atoms with Gasteiger partial charge in [0, 0.05) is 19.0 Å². The highest BCUT2D eigenvalue weighted by atomic mass is 16.3. The molecule has 2 rings (SSSR count). The zero-order valence-electron chi connectivity index (χ0n) is 11.2. The van der Waals surface area contributed by atoms with Crippen molar-refractivity contribution in [2.24, 2.45) is 0 Å². The molecular formula is C16H20N2O. The van der Waals surface area contributed by atoms with Gasteiger partial charge in [-0.25, -0.2) is 4.98 Å². The van der Waals surface area contributed by atoms with Crippen LogP contribution < -0.4 is 5.73 Å². The van der Waals surface area contributed by atoms with E-state index in [2.05, 4.69) is 4.98 Å². The van der Waals surface area contributed by atoms with E-state index in [4.69, 9.17) is 5.73 Å². The second kappa shape index (κ2) is 5.85. The fraction of sp³-hybridized carbons (Fsp3) is 0.312. The molecule has 1 heterocycles. The van der Waals surface area contributed by atoms with Crippen LogP contribution in [-0.4, -0.2) is 15.7 Å². The molecule has 3 N–H and O–H groups in total. The molecule has 0 fully saturated rings. The van der Waals surface area contributed by atoms with Gasteiger partial charge in [-0.3, -0.25) is 0 Å². The molecule has 100 valence electrons. The quantitative estimate of drug-likeness (QED) is 0.864. The minimum Gasteiger partial charge on any atom is -0.389 e. The topological polar surface area (TPSA) is 59.1 Å². The van der Waals surface area contributed by atoms with E-state index >= 15 is 0 Å². The predicted octanol–water partition coefficient (Wildman–Crippen LogP) is 2.59. The maximum absolute atomic E-state index is 10.8. The first-order valence-electron chi connectivity index (χ1n) is 6.58. The third-order valence-electron chi connectivity index (χ3n) is 3.48. The van der Waals surface area contributed by atoms with Crippen LogP contribution in [0.25, 0.3) is 0 Å². The number of nitrogens with two attached hydrogens (primary N) is 1. The van der Waals surface area contributed by atoms with Gasteiger partial charge in [-0.15, -0.1) is 0 Å². The second-order valence-corrected chi connectivity index (χ2v) is 4.96. The first-order chi connectivity index (χ1) is 9.13. The molecule has 1 aromatic carbocycles. The largest absolute Gasteiger partial charge is 0.389 e. The van der Waals surface area contributed by atoms with Crippen molar-refractivity contribution in [1.82, 2.24) is 4.98 Å². The zero-order chi connectivity index (χ0) is 13.7. The molecular weight excluding hydrogens is 236 g/mol. The molecule has 0 spiro atoms. The summed E-state index contributed by atoms with van der Waals surface area (Å²) in [6, 6.07) is 13.8. The maximum atomic E-state index is 10.8. The third-order valence-corrected chi connectivity index (χ3v) is 3.48. The summed E-state index contributed by atoms with van der Waals surface area (Å²) in [5.41, 5.74) is 7.11. The standard InChI is InChI=1S/C16H20N2O/c1-2-16(19,11-13-7-4-3-5-8-13)12-14-9-6-10-18-15(14)17/h3-10,19H,2,11-12H2,1H3,(H2,17,18). The molecule has 0 saturated heterocycles. The molecule has 0 aliphatic rings. The lowest BCUT2D eigenvalue weighted by molar-refractivity contribution is 0.0369. The van der Waals surface area contributed by atoms with E-state index in [1.807, 2.05) is 49.4 Å². The highest BCUT2D eigenvalue weighted by Crippen LogP contribution is 2.24. The van der Waals surface area contributed by atoms with Crippen LogP contribution in [0.3, 0.4) is 0 Å². The second-order valence-electron chi connectivity index (χ2n) is 4.96. The average Bonchev–Trinajstić information content (AvgIpc) is 2.42. The average molecular weight is 256 g/mol. The van der Waals surface area contributed by atoms with Gasteiger partial charge in [-0.05, 0) is 23.6 Å². The van der Waals surface area contributed by atoms with E-state index in [9.17, 15) is 5.11 Å². The fourth-order valence-corrected chi connectivity index (χ4v) is 2.24. The summed E-state index contributed by atoms with van der Waals surface area (Å²) in [4.78, 5) is 4.07. The highest BCUT2D eigenvalue weighted by Gasteiger charge is 2.26. The van der Waals surface area contributed by atoms with Crippen molar-refractivity contribution < 1.29 is 5.11 Å². The van der Waals surface area contributed by atoms with Crippen LogP contribution in [0.4, 0.5) is 5.82 Å². The van der Waals surface area contributed by atoms with E-state index in [0.717, 1.165) is 11.1 Å². The van der Waals surface area contributed by atoms with Gasteiger partial charge >= 0.3 is 0 Å². The number of hydrogen-bond acceptors (Lipinski definition) is 3. The zero-order valence-corrected chi connectivity index (χ0v) is 11.2. The summed E-state index contributed by atoms with van der Waals surface area (Å²) in [5.74, 6) is 0.502. The Hall–Kier alpha value is -1.87. The first kappa shape index (κ1) is 13.6. The molecule has 2 aromatic rings. The van der Waals surface area contributed by atoms with Crippen molar-refractivity contribution in [3.63, 3.8) is 0 Å². The smallest absolute Gasteiger partial charge is 0.126 e. The molecule has 3 nitrogen and oxygen atoms in total. The number of nitrogens with zero attached hydrogens (tertiary/aromatic N) is 1. The van der Waals surface area contributed by atoms with E-state index in [-0.39, 0.29) is 0 Å². The Morgan fingerprint density at radius 3 is 2.47 bits per heavy atom. The molecule has 0 aliphatic heterocycles. The Morgan fingerprint density at radius 1 is 1.11 bits per heavy atom. The van der Waals surface area contributed by atoms with Crippen molar-refractivity contribution in [3.8, 4) is 0 Å². The van der Waals surface area contributed by atoms with Crippen molar-refractivity contribution >= 4 is 5.82 Å². The predicted molar refractivity (Wildman–Crippen MR) is 77.7 cm³/mol. The number of anilines is 1. The molecule has 0 radical (unpaired) electrons. The normalized spacial score (nSPS) is 14.0. The van der Waals surface area contributed by atoms with Crippen molar-refractivity contribution in [2.45, 2.75) is 31.8 Å². The molecule has 1 atom stereocenters. The number of hydrogen-bond donors (Lipinski definition) is 2. The minimum atomic E-state index is -0.779. The lowest BCUT2D eigenvalue weighted by Gasteiger charge is -2.27. The molecule has 1 unspecified atom stereocenters. The number of benzene rings is 1. The maximum Gasteiger partial charge on any atom is 0.126 e. The van der Waals surface area contributed by atoms with Crippen LogP contribution in [-0.2, 0) is 12.8 Å². The molecule has 0 saturated carbocycles. The van der Waals surface area contributed by atoms with E-state index < -0.39 is 5.60 Å². The third kappa shape index (κ3) is 3.55. The number of aliphatic hydroxyl groups is 1. The monoisotopic (exact) mass is 256 g/mol. The molecule has 3 heteroatoms. The van der Waals surface area contributed by atoms with Gasteiger partial charge in [-0.1, -0.05) is 43.3 Å². The Kier molecular flexibility index (Phi) is 4.17. The van der Waals surface area contributed by atoms with Gasteiger partial charge in [0.25, 0.3) is 0 Å². The Labute approximate surface area is 114 Å². The SMILES string of the molecule is CCC(O)(Cc1ccccc1)Cc1cccnc1N. The van der Waals surface area contributed by atoms with Gasteiger partial charge in [0.05, 0.1) is 5.60 Å². The Balaban J connectivity index is 2.17. The van der Waals surface area contributed by atoms with Crippen LogP contribution >= 0.6 is 0 Å². The first-order valence-corrected chi connectivity index (χ1v) is 6.58. The summed E-state index contributed by atoms with van der Waals surface area (Å²) >= 11 is 0.